The van der Waals surface area contributed by atoms with Gasteiger partial charge in [0.15, 0.2) is 0 Å². The number of phenolic OH excluding ortho intramolecular Hbond substituents is 1. The van der Waals surface area contributed by atoms with Gasteiger partial charge in [-0.05, 0) is 18.6 Å². The Labute approximate surface area is 102 Å². The van der Waals surface area contributed by atoms with Crippen molar-refractivity contribution in [3.05, 3.63) is 23.8 Å². The number of hydrogen-bond donors (Lipinski definition) is 1. The standard InChI is InChI=1S/C13H19NO3/c1-11-2-3-12(10-13(11)15)17-9-6-14-4-7-16-8-5-14/h2-3,10,15H,4-9H2,1H3. The Kier molecular flexibility index (Phi) is 4.23. The molecule has 0 bridgehead atoms. The zero-order valence-corrected chi connectivity index (χ0v) is 10.2. The fraction of sp³-hybridized carbons (Fsp3) is 0.538. The third-order valence-corrected chi connectivity index (χ3v) is 2.96. The molecule has 1 fully saturated rings. The lowest BCUT2D eigenvalue weighted by Gasteiger charge is -2.26. The minimum absolute atomic E-state index is 0.286. The summed E-state index contributed by atoms with van der Waals surface area (Å²) in [5, 5.41) is 9.54. The molecule has 2 rings (SSSR count). The van der Waals surface area contributed by atoms with E-state index < -0.39 is 0 Å². The summed E-state index contributed by atoms with van der Waals surface area (Å²) in [5.74, 6) is 1.01. The Bertz CT molecular complexity index is 362. The number of nitrogens with zero attached hydrogens (tertiary/aromatic N) is 1. The van der Waals surface area contributed by atoms with Crippen LogP contribution in [0.15, 0.2) is 18.2 Å². The summed E-state index contributed by atoms with van der Waals surface area (Å²) in [5.41, 5.74) is 0.866. The highest BCUT2D eigenvalue weighted by molar-refractivity contribution is 5.38. The molecule has 0 unspecified atom stereocenters. The van der Waals surface area contributed by atoms with Crippen molar-refractivity contribution in [3.63, 3.8) is 0 Å². The van der Waals surface area contributed by atoms with Gasteiger partial charge in [-0.1, -0.05) is 6.07 Å². The van der Waals surface area contributed by atoms with Crippen LogP contribution in [0.25, 0.3) is 0 Å². The predicted octanol–water partition coefficient (Wildman–Crippen LogP) is 1.41. The van der Waals surface area contributed by atoms with Crippen LogP contribution in [0, 0.1) is 6.92 Å². The molecule has 4 nitrogen and oxygen atoms in total. The zero-order valence-electron chi connectivity index (χ0n) is 10.2. The molecule has 1 aromatic rings. The maximum absolute atomic E-state index is 9.54. The molecular weight excluding hydrogens is 218 g/mol. The van der Waals surface area contributed by atoms with Crippen LogP contribution >= 0.6 is 0 Å². The van der Waals surface area contributed by atoms with Gasteiger partial charge in [0.05, 0.1) is 13.2 Å². The third-order valence-electron chi connectivity index (χ3n) is 2.96. The van der Waals surface area contributed by atoms with E-state index in [0.29, 0.717) is 6.61 Å². The summed E-state index contributed by atoms with van der Waals surface area (Å²) in [7, 11) is 0. The molecule has 1 saturated heterocycles. The van der Waals surface area contributed by atoms with Crippen LogP contribution in [0.1, 0.15) is 5.56 Å². The summed E-state index contributed by atoms with van der Waals surface area (Å²) in [6.45, 7) is 6.98. The number of benzene rings is 1. The van der Waals surface area contributed by atoms with E-state index in [1.807, 2.05) is 19.1 Å². The molecule has 94 valence electrons. The van der Waals surface area contributed by atoms with Gasteiger partial charge in [0, 0.05) is 25.7 Å². The molecule has 1 heterocycles. The molecule has 1 N–H and O–H groups in total. The van der Waals surface area contributed by atoms with E-state index in [1.165, 1.54) is 0 Å². The fourth-order valence-corrected chi connectivity index (χ4v) is 1.80. The molecule has 1 aromatic carbocycles. The van der Waals surface area contributed by atoms with Crippen molar-refractivity contribution in [2.75, 3.05) is 39.5 Å². The summed E-state index contributed by atoms with van der Waals surface area (Å²) < 4.78 is 10.9. The average Bonchev–Trinajstić information content (AvgIpc) is 2.35. The Morgan fingerprint density at radius 1 is 1.35 bits per heavy atom. The molecular formula is C13H19NO3. The number of morpholine rings is 1. The van der Waals surface area contributed by atoms with Gasteiger partial charge in [0.2, 0.25) is 0 Å². The first-order valence-corrected chi connectivity index (χ1v) is 5.98. The van der Waals surface area contributed by atoms with E-state index >= 15 is 0 Å². The maximum Gasteiger partial charge on any atom is 0.123 e. The lowest BCUT2D eigenvalue weighted by atomic mass is 10.2. The fourth-order valence-electron chi connectivity index (χ4n) is 1.80. The van der Waals surface area contributed by atoms with Gasteiger partial charge in [-0.15, -0.1) is 0 Å². The number of phenols is 1. The van der Waals surface area contributed by atoms with Crippen molar-refractivity contribution >= 4 is 0 Å². The summed E-state index contributed by atoms with van der Waals surface area (Å²) >= 11 is 0. The third kappa shape index (κ3) is 3.61. The van der Waals surface area contributed by atoms with E-state index in [9.17, 15) is 5.11 Å². The van der Waals surface area contributed by atoms with Crippen LogP contribution < -0.4 is 4.74 Å². The Morgan fingerprint density at radius 3 is 2.82 bits per heavy atom. The highest BCUT2D eigenvalue weighted by atomic mass is 16.5. The second-order valence-electron chi connectivity index (χ2n) is 4.25. The summed E-state index contributed by atoms with van der Waals surface area (Å²) in [6, 6.07) is 5.41. The van der Waals surface area contributed by atoms with Crippen molar-refractivity contribution in [1.82, 2.24) is 4.90 Å². The van der Waals surface area contributed by atoms with Crippen LogP contribution in [0.3, 0.4) is 0 Å². The van der Waals surface area contributed by atoms with Crippen molar-refractivity contribution in [2.24, 2.45) is 0 Å². The number of rotatable bonds is 4. The number of hydrogen-bond acceptors (Lipinski definition) is 4. The lowest BCUT2D eigenvalue weighted by molar-refractivity contribution is 0.0322. The molecule has 0 spiro atoms. The minimum Gasteiger partial charge on any atom is -0.508 e. The molecule has 0 atom stereocenters. The molecule has 0 saturated carbocycles. The lowest BCUT2D eigenvalue weighted by Crippen LogP contribution is -2.38. The van der Waals surface area contributed by atoms with E-state index in [1.54, 1.807) is 6.07 Å². The summed E-state index contributed by atoms with van der Waals surface area (Å²) in [4.78, 5) is 2.32. The highest BCUT2D eigenvalue weighted by Crippen LogP contribution is 2.22. The van der Waals surface area contributed by atoms with E-state index in [2.05, 4.69) is 4.90 Å². The maximum atomic E-state index is 9.54. The van der Waals surface area contributed by atoms with Crippen molar-refractivity contribution in [1.29, 1.82) is 0 Å². The van der Waals surface area contributed by atoms with E-state index in [4.69, 9.17) is 9.47 Å². The monoisotopic (exact) mass is 237 g/mol. The SMILES string of the molecule is Cc1ccc(OCCN2CCOCC2)cc1O. The smallest absolute Gasteiger partial charge is 0.123 e. The van der Waals surface area contributed by atoms with Gasteiger partial charge in [-0.3, -0.25) is 4.90 Å². The van der Waals surface area contributed by atoms with Crippen LogP contribution in [-0.4, -0.2) is 49.5 Å². The van der Waals surface area contributed by atoms with Crippen molar-refractivity contribution in [2.45, 2.75) is 6.92 Å². The number of aromatic hydroxyl groups is 1. The van der Waals surface area contributed by atoms with E-state index in [-0.39, 0.29) is 5.75 Å². The van der Waals surface area contributed by atoms with Crippen LogP contribution in [0.4, 0.5) is 0 Å². The van der Waals surface area contributed by atoms with Gasteiger partial charge >= 0.3 is 0 Å². The Morgan fingerprint density at radius 2 is 2.12 bits per heavy atom. The largest absolute Gasteiger partial charge is 0.508 e. The van der Waals surface area contributed by atoms with Crippen molar-refractivity contribution < 1.29 is 14.6 Å². The van der Waals surface area contributed by atoms with Gasteiger partial charge in [-0.25, -0.2) is 0 Å². The second kappa shape index (κ2) is 5.89. The van der Waals surface area contributed by atoms with E-state index in [0.717, 1.165) is 44.2 Å². The predicted molar refractivity (Wildman–Crippen MR) is 65.6 cm³/mol. The molecule has 0 aromatic heterocycles. The second-order valence-corrected chi connectivity index (χ2v) is 4.25. The molecule has 4 heteroatoms. The quantitative estimate of drug-likeness (QED) is 0.859. The van der Waals surface area contributed by atoms with Crippen LogP contribution in [0.2, 0.25) is 0 Å². The topological polar surface area (TPSA) is 41.9 Å². The first-order valence-electron chi connectivity index (χ1n) is 5.98. The molecule has 0 amide bonds. The Balaban J connectivity index is 1.75. The molecule has 17 heavy (non-hydrogen) atoms. The molecule has 1 aliphatic rings. The van der Waals surface area contributed by atoms with Gasteiger partial charge < -0.3 is 14.6 Å². The molecule has 0 aliphatic carbocycles. The van der Waals surface area contributed by atoms with Crippen molar-refractivity contribution in [3.8, 4) is 11.5 Å². The van der Waals surface area contributed by atoms with Gasteiger partial charge in [0.25, 0.3) is 0 Å². The van der Waals surface area contributed by atoms with Gasteiger partial charge in [-0.2, -0.15) is 0 Å². The minimum atomic E-state index is 0.286. The van der Waals surface area contributed by atoms with Crippen LogP contribution in [0.5, 0.6) is 11.5 Å². The van der Waals surface area contributed by atoms with Gasteiger partial charge in [0.1, 0.15) is 18.1 Å². The number of ether oxygens (including phenoxy) is 2. The summed E-state index contributed by atoms with van der Waals surface area (Å²) in [6.07, 6.45) is 0. The van der Waals surface area contributed by atoms with Crippen LogP contribution in [-0.2, 0) is 4.74 Å². The normalized spacial score (nSPS) is 17.0. The first kappa shape index (κ1) is 12.2. The molecule has 0 radical (unpaired) electrons. The zero-order chi connectivity index (χ0) is 12.1. The first-order chi connectivity index (χ1) is 8.25. The highest BCUT2D eigenvalue weighted by Gasteiger charge is 2.09. The average molecular weight is 237 g/mol. The Hall–Kier alpha value is -1.26. The molecule has 1 aliphatic heterocycles. The number of aryl methyl sites for hydroxylation is 1.